The molecule has 8 nitrogen and oxygen atoms in total. The minimum absolute atomic E-state index is 0.154. The fourth-order valence-electron chi connectivity index (χ4n) is 4.21. The highest BCUT2D eigenvalue weighted by Gasteiger charge is 2.26. The predicted molar refractivity (Wildman–Crippen MR) is 152 cm³/mol. The second-order valence-electron chi connectivity index (χ2n) is 9.78. The highest BCUT2D eigenvalue weighted by atomic mass is 16.3. The standard InChI is InChI=1S/C31H36N4O4/c1-19-9-10-23(15-20(19)2)18-27(34-21(3)16-28(36)30(33)38)31(39)35-26(29(32)37)17-22-11-13-25(14-12-22)24-7-5-4-6-8-24/h4-15,26-28,34,36H,3,16-18H2,1-2H3,(H2,32,37)(H2,33,38)(H,35,39)/t26-,27+,28+/m0/s1. The van der Waals surface area contributed by atoms with E-state index >= 15 is 0 Å². The van der Waals surface area contributed by atoms with E-state index in [-0.39, 0.29) is 25.0 Å². The Labute approximate surface area is 229 Å². The summed E-state index contributed by atoms with van der Waals surface area (Å²) in [6.45, 7) is 7.82. The zero-order valence-corrected chi connectivity index (χ0v) is 22.3. The molecule has 3 atom stereocenters. The van der Waals surface area contributed by atoms with Gasteiger partial charge in [-0.05, 0) is 47.2 Å². The molecule has 0 unspecified atom stereocenters. The average Bonchev–Trinajstić information content (AvgIpc) is 2.90. The second-order valence-corrected chi connectivity index (χ2v) is 9.78. The molecule has 7 N–H and O–H groups in total. The van der Waals surface area contributed by atoms with Crippen molar-refractivity contribution in [3.05, 3.63) is 107 Å². The van der Waals surface area contributed by atoms with Crippen LogP contribution >= 0.6 is 0 Å². The van der Waals surface area contributed by atoms with E-state index in [4.69, 9.17) is 11.5 Å². The Kier molecular flexibility index (Phi) is 10.0. The molecule has 8 heteroatoms. The molecule has 3 amide bonds. The molecule has 0 saturated carbocycles. The maximum atomic E-state index is 13.4. The van der Waals surface area contributed by atoms with Gasteiger partial charge in [-0.25, -0.2) is 0 Å². The van der Waals surface area contributed by atoms with E-state index in [2.05, 4.69) is 17.2 Å². The molecule has 0 spiro atoms. The highest BCUT2D eigenvalue weighted by Crippen LogP contribution is 2.20. The number of hydrogen-bond donors (Lipinski definition) is 5. The first-order chi connectivity index (χ1) is 18.5. The quantitative estimate of drug-likeness (QED) is 0.231. The van der Waals surface area contributed by atoms with Crippen LogP contribution in [0.3, 0.4) is 0 Å². The normalized spacial score (nSPS) is 13.1. The molecule has 0 aromatic heterocycles. The summed E-state index contributed by atoms with van der Waals surface area (Å²) < 4.78 is 0. The molecule has 204 valence electrons. The minimum Gasteiger partial charge on any atom is -0.383 e. The monoisotopic (exact) mass is 528 g/mol. The number of aliphatic hydroxyl groups is 1. The Bertz CT molecular complexity index is 1320. The summed E-state index contributed by atoms with van der Waals surface area (Å²) in [5, 5.41) is 15.6. The molecule has 0 aliphatic carbocycles. The van der Waals surface area contributed by atoms with Crippen molar-refractivity contribution in [3.63, 3.8) is 0 Å². The van der Waals surface area contributed by atoms with Crippen LogP contribution in [0.15, 0.2) is 85.1 Å². The van der Waals surface area contributed by atoms with Crippen LogP contribution < -0.4 is 22.1 Å². The second kappa shape index (κ2) is 13.4. The number of primary amides is 2. The average molecular weight is 529 g/mol. The Morgan fingerprint density at radius 1 is 0.769 bits per heavy atom. The number of aryl methyl sites for hydroxylation is 2. The van der Waals surface area contributed by atoms with E-state index in [0.717, 1.165) is 33.4 Å². The van der Waals surface area contributed by atoms with Crippen LogP contribution in [0.25, 0.3) is 11.1 Å². The fraction of sp³-hybridized carbons (Fsp3) is 0.258. The van der Waals surface area contributed by atoms with Crippen LogP contribution in [0.5, 0.6) is 0 Å². The van der Waals surface area contributed by atoms with Gasteiger partial charge in [0.25, 0.3) is 0 Å². The van der Waals surface area contributed by atoms with Gasteiger partial charge in [0.05, 0.1) is 0 Å². The number of benzene rings is 3. The lowest BCUT2D eigenvalue weighted by Gasteiger charge is -2.24. The van der Waals surface area contributed by atoms with Crippen LogP contribution in [0, 0.1) is 13.8 Å². The van der Waals surface area contributed by atoms with E-state index in [1.165, 1.54) is 0 Å². The molecule has 39 heavy (non-hydrogen) atoms. The molecule has 0 saturated heterocycles. The van der Waals surface area contributed by atoms with Gasteiger partial charge >= 0.3 is 0 Å². The Morgan fingerprint density at radius 2 is 1.36 bits per heavy atom. The number of nitrogens with two attached hydrogens (primary N) is 2. The Balaban J connectivity index is 1.76. The van der Waals surface area contributed by atoms with Crippen molar-refractivity contribution in [2.75, 3.05) is 0 Å². The van der Waals surface area contributed by atoms with Crippen molar-refractivity contribution < 1.29 is 19.5 Å². The van der Waals surface area contributed by atoms with Gasteiger partial charge in [-0.1, -0.05) is 79.4 Å². The van der Waals surface area contributed by atoms with Crippen molar-refractivity contribution >= 4 is 17.7 Å². The van der Waals surface area contributed by atoms with Crippen molar-refractivity contribution in [2.45, 2.75) is 51.3 Å². The van der Waals surface area contributed by atoms with Gasteiger partial charge in [-0.15, -0.1) is 0 Å². The van der Waals surface area contributed by atoms with Gasteiger partial charge in [0.1, 0.15) is 18.2 Å². The number of hydrogen-bond acceptors (Lipinski definition) is 5. The molecule has 3 aromatic carbocycles. The molecule has 3 aromatic rings. The van der Waals surface area contributed by atoms with Crippen LogP contribution in [0.2, 0.25) is 0 Å². The molecule has 0 aliphatic rings. The summed E-state index contributed by atoms with van der Waals surface area (Å²) in [6.07, 6.45) is -1.10. The van der Waals surface area contributed by atoms with E-state index in [1.54, 1.807) is 0 Å². The SMILES string of the molecule is C=C(C[C@@H](O)C(N)=O)N[C@H](Cc1ccc(C)c(C)c1)C(=O)N[C@@H](Cc1ccc(-c2ccccc2)cc1)C(N)=O. The Hall–Kier alpha value is -4.43. The lowest BCUT2D eigenvalue weighted by atomic mass is 9.98. The van der Waals surface area contributed by atoms with Crippen LogP contribution in [0.1, 0.15) is 28.7 Å². The largest absolute Gasteiger partial charge is 0.383 e. The molecular weight excluding hydrogens is 492 g/mol. The smallest absolute Gasteiger partial charge is 0.246 e. The van der Waals surface area contributed by atoms with Crippen LogP contribution in [-0.4, -0.2) is 41.0 Å². The van der Waals surface area contributed by atoms with Crippen LogP contribution in [-0.2, 0) is 27.2 Å². The zero-order valence-electron chi connectivity index (χ0n) is 22.3. The van der Waals surface area contributed by atoms with Crippen molar-refractivity contribution in [1.82, 2.24) is 10.6 Å². The summed E-state index contributed by atoms with van der Waals surface area (Å²) in [5.41, 5.74) is 17.1. The van der Waals surface area contributed by atoms with E-state index in [0.29, 0.717) is 0 Å². The maximum absolute atomic E-state index is 13.4. The Morgan fingerprint density at radius 3 is 1.95 bits per heavy atom. The lowest BCUT2D eigenvalue weighted by molar-refractivity contribution is -0.128. The number of carbonyl (C=O) groups is 3. The van der Waals surface area contributed by atoms with E-state index in [1.807, 2.05) is 86.6 Å². The summed E-state index contributed by atoms with van der Waals surface area (Å²) in [5.74, 6) is -2.02. The van der Waals surface area contributed by atoms with Gasteiger partial charge in [0.2, 0.25) is 17.7 Å². The molecule has 0 heterocycles. The first-order valence-electron chi connectivity index (χ1n) is 12.8. The predicted octanol–water partition coefficient (Wildman–Crippen LogP) is 2.43. The number of aliphatic hydroxyl groups excluding tert-OH is 1. The molecule has 0 fully saturated rings. The number of rotatable bonds is 13. The molecular formula is C31H36N4O4. The van der Waals surface area contributed by atoms with Crippen molar-refractivity contribution in [3.8, 4) is 11.1 Å². The third-order valence-corrected chi connectivity index (χ3v) is 6.63. The van der Waals surface area contributed by atoms with Gasteiger partial charge in [-0.3, -0.25) is 14.4 Å². The summed E-state index contributed by atoms with van der Waals surface area (Å²) in [6, 6.07) is 21.7. The topological polar surface area (TPSA) is 148 Å². The maximum Gasteiger partial charge on any atom is 0.246 e. The summed E-state index contributed by atoms with van der Waals surface area (Å²) in [7, 11) is 0. The minimum atomic E-state index is -1.44. The molecule has 0 radical (unpaired) electrons. The fourth-order valence-corrected chi connectivity index (χ4v) is 4.21. The van der Waals surface area contributed by atoms with Crippen molar-refractivity contribution in [1.29, 1.82) is 0 Å². The molecule has 0 aliphatic heterocycles. The van der Waals surface area contributed by atoms with E-state index in [9.17, 15) is 19.5 Å². The number of amides is 3. The van der Waals surface area contributed by atoms with E-state index < -0.39 is 35.9 Å². The lowest BCUT2D eigenvalue weighted by Crippen LogP contribution is -2.53. The van der Waals surface area contributed by atoms with Gasteiger partial charge < -0.3 is 27.2 Å². The van der Waals surface area contributed by atoms with Gasteiger partial charge in [-0.2, -0.15) is 0 Å². The zero-order chi connectivity index (χ0) is 28.5. The number of carbonyl (C=O) groups excluding carboxylic acids is 3. The van der Waals surface area contributed by atoms with Gasteiger partial charge in [0.15, 0.2) is 0 Å². The first-order valence-corrected chi connectivity index (χ1v) is 12.8. The third-order valence-electron chi connectivity index (χ3n) is 6.63. The van der Waals surface area contributed by atoms with Crippen molar-refractivity contribution in [2.24, 2.45) is 11.5 Å². The third kappa shape index (κ3) is 8.55. The van der Waals surface area contributed by atoms with Gasteiger partial charge in [0, 0.05) is 25.0 Å². The van der Waals surface area contributed by atoms with Crippen LogP contribution in [0.4, 0.5) is 0 Å². The summed E-state index contributed by atoms with van der Waals surface area (Å²) >= 11 is 0. The number of nitrogens with one attached hydrogen (secondary N) is 2. The highest BCUT2D eigenvalue weighted by molar-refractivity contribution is 5.89. The molecule has 0 bridgehead atoms. The summed E-state index contributed by atoms with van der Waals surface area (Å²) in [4.78, 5) is 37.0. The molecule has 3 rings (SSSR count). The first kappa shape index (κ1) is 29.1.